The van der Waals surface area contributed by atoms with E-state index in [1.807, 2.05) is 18.4 Å². The van der Waals surface area contributed by atoms with Crippen LogP contribution < -0.4 is 5.32 Å². The van der Waals surface area contributed by atoms with Crippen LogP contribution in [0.1, 0.15) is 35.4 Å². The molecule has 1 aliphatic heterocycles. The Labute approximate surface area is 158 Å². The second-order valence-corrected chi connectivity index (χ2v) is 7.44. The summed E-state index contributed by atoms with van der Waals surface area (Å²) in [6, 6.07) is 2.93. The summed E-state index contributed by atoms with van der Waals surface area (Å²) in [6.07, 6.45) is 2.79. The molecule has 0 radical (unpaired) electrons. The number of hydrogen-bond donors (Lipinski definition) is 2. The number of likely N-dealkylation sites (tertiary alicyclic amines) is 1. The van der Waals surface area contributed by atoms with Gasteiger partial charge in [0.1, 0.15) is 5.82 Å². The standard InChI is InChI=1S/C18H18FN5O2S/c1-10(11-6-12(19)8-20-7-11)21-18-22-14-3-5-27-16(14)15(23-18)17(26)24-4-2-13(25)9-24/h3,5-8,10,13,25H,2,4,9H2,1H3,(H,21,22,23). The van der Waals surface area contributed by atoms with Crippen molar-refractivity contribution in [3.63, 3.8) is 0 Å². The van der Waals surface area contributed by atoms with Gasteiger partial charge in [-0.3, -0.25) is 9.78 Å². The zero-order valence-electron chi connectivity index (χ0n) is 14.6. The highest BCUT2D eigenvalue weighted by Gasteiger charge is 2.28. The highest BCUT2D eigenvalue weighted by atomic mass is 32.1. The summed E-state index contributed by atoms with van der Waals surface area (Å²) in [5.41, 5.74) is 1.64. The van der Waals surface area contributed by atoms with Gasteiger partial charge in [-0.2, -0.15) is 0 Å². The van der Waals surface area contributed by atoms with Crippen molar-refractivity contribution in [2.24, 2.45) is 0 Å². The first-order valence-corrected chi connectivity index (χ1v) is 9.49. The number of aliphatic hydroxyl groups excluding tert-OH is 1. The topological polar surface area (TPSA) is 91.2 Å². The number of anilines is 1. The zero-order chi connectivity index (χ0) is 19.0. The lowest BCUT2D eigenvalue weighted by atomic mass is 10.1. The van der Waals surface area contributed by atoms with Crippen LogP contribution in [-0.4, -0.2) is 50.1 Å². The summed E-state index contributed by atoms with van der Waals surface area (Å²) >= 11 is 1.41. The highest BCUT2D eigenvalue weighted by molar-refractivity contribution is 7.17. The molecule has 4 rings (SSSR count). The van der Waals surface area contributed by atoms with Crippen LogP contribution in [0.4, 0.5) is 10.3 Å². The number of aromatic nitrogens is 3. The number of carbonyl (C=O) groups is 1. The van der Waals surface area contributed by atoms with Gasteiger partial charge in [0.15, 0.2) is 5.69 Å². The lowest BCUT2D eigenvalue weighted by Gasteiger charge is -2.17. The van der Waals surface area contributed by atoms with E-state index in [1.54, 1.807) is 11.1 Å². The molecular formula is C18H18FN5O2S. The number of rotatable bonds is 4. The highest BCUT2D eigenvalue weighted by Crippen LogP contribution is 2.27. The first-order chi connectivity index (χ1) is 13.0. The van der Waals surface area contributed by atoms with Crippen molar-refractivity contribution >= 4 is 33.4 Å². The summed E-state index contributed by atoms with van der Waals surface area (Å²) in [6.45, 7) is 2.66. The van der Waals surface area contributed by atoms with Crippen LogP contribution in [0.3, 0.4) is 0 Å². The van der Waals surface area contributed by atoms with E-state index in [0.717, 1.165) is 6.20 Å². The molecule has 27 heavy (non-hydrogen) atoms. The molecule has 1 aliphatic rings. The Bertz CT molecular complexity index is 995. The number of carbonyl (C=O) groups excluding carboxylic acids is 1. The van der Waals surface area contributed by atoms with E-state index < -0.39 is 11.9 Å². The minimum Gasteiger partial charge on any atom is -0.391 e. The SMILES string of the molecule is CC(Nc1nc(C(=O)N2CCC(O)C2)c2sccc2n1)c1cncc(F)c1. The fraction of sp³-hybridized carbons (Fsp3) is 0.333. The summed E-state index contributed by atoms with van der Waals surface area (Å²) in [4.78, 5) is 27.3. The molecule has 1 fully saturated rings. The maximum atomic E-state index is 13.4. The summed E-state index contributed by atoms with van der Waals surface area (Å²) < 4.78 is 14.1. The van der Waals surface area contributed by atoms with Gasteiger partial charge < -0.3 is 15.3 Å². The third-order valence-electron chi connectivity index (χ3n) is 4.53. The molecule has 2 atom stereocenters. The van der Waals surface area contributed by atoms with Crippen molar-refractivity contribution in [1.82, 2.24) is 19.9 Å². The first-order valence-electron chi connectivity index (χ1n) is 8.61. The molecule has 3 aromatic heterocycles. The van der Waals surface area contributed by atoms with Crippen LogP contribution in [0.2, 0.25) is 0 Å². The molecule has 0 aliphatic carbocycles. The number of nitrogens with zero attached hydrogens (tertiary/aromatic N) is 4. The predicted molar refractivity (Wildman–Crippen MR) is 100 cm³/mol. The Morgan fingerprint density at radius 1 is 1.44 bits per heavy atom. The minimum absolute atomic E-state index is 0.218. The Morgan fingerprint density at radius 2 is 2.30 bits per heavy atom. The average Bonchev–Trinajstić information content (AvgIpc) is 3.29. The number of fused-ring (bicyclic) bond motifs is 1. The van der Waals surface area contributed by atoms with Gasteiger partial charge >= 0.3 is 0 Å². The monoisotopic (exact) mass is 387 g/mol. The van der Waals surface area contributed by atoms with Crippen LogP contribution in [0.25, 0.3) is 10.2 Å². The largest absolute Gasteiger partial charge is 0.391 e. The third kappa shape index (κ3) is 3.60. The van der Waals surface area contributed by atoms with Crippen LogP contribution in [0.15, 0.2) is 29.9 Å². The van der Waals surface area contributed by atoms with E-state index in [2.05, 4.69) is 20.3 Å². The van der Waals surface area contributed by atoms with Crippen LogP contribution in [0.5, 0.6) is 0 Å². The Hall–Kier alpha value is -2.65. The van der Waals surface area contributed by atoms with Crippen molar-refractivity contribution in [3.05, 3.63) is 47.0 Å². The lowest BCUT2D eigenvalue weighted by molar-refractivity contribution is 0.0761. The minimum atomic E-state index is -0.493. The summed E-state index contributed by atoms with van der Waals surface area (Å²) in [7, 11) is 0. The molecular weight excluding hydrogens is 369 g/mol. The van der Waals surface area contributed by atoms with Gasteiger partial charge in [-0.05, 0) is 36.4 Å². The number of hydrogen-bond acceptors (Lipinski definition) is 7. The number of thiophene rings is 1. The van der Waals surface area contributed by atoms with E-state index in [4.69, 9.17) is 0 Å². The number of β-amino-alcohol motifs (C(OH)–C–C–N with tert-alkyl or cyclic N) is 1. The predicted octanol–water partition coefficient (Wildman–Crippen LogP) is 2.61. The Kier molecular flexibility index (Phi) is 4.71. The molecule has 1 saturated heterocycles. The number of halogens is 1. The van der Waals surface area contributed by atoms with Crippen molar-refractivity contribution in [2.75, 3.05) is 18.4 Å². The maximum absolute atomic E-state index is 13.4. The number of pyridine rings is 1. The smallest absolute Gasteiger partial charge is 0.274 e. The van der Waals surface area contributed by atoms with Gasteiger partial charge in [-0.25, -0.2) is 14.4 Å². The van der Waals surface area contributed by atoms with Gasteiger partial charge in [0.05, 0.1) is 28.6 Å². The van der Waals surface area contributed by atoms with E-state index in [-0.39, 0.29) is 11.9 Å². The molecule has 2 unspecified atom stereocenters. The van der Waals surface area contributed by atoms with Crippen LogP contribution in [0, 0.1) is 5.82 Å². The summed E-state index contributed by atoms with van der Waals surface area (Å²) in [5, 5.41) is 14.7. The summed E-state index contributed by atoms with van der Waals surface area (Å²) in [5.74, 6) is -0.343. The number of amides is 1. The molecule has 0 spiro atoms. The average molecular weight is 387 g/mol. The number of aliphatic hydroxyl groups is 1. The molecule has 3 aromatic rings. The Balaban J connectivity index is 1.65. The molecule has 140 valence electrons. The van der Waals surface area contributed by atoms with E-state index >= 15 is 0 Å². The quantitative estimate of drug-likeness (QED) is 0.715. The second kappa shape index (κ2) is 7.16. The zero-order valence-corrected chi connectivity index (χ0v) is 15.4. The van der Waals surface area contributed by atoms with E-state index in [0.29, 0.717) is 46.9 Å². The lowest BCUT2D eigenvalue weighted by Crippen LogP contribution is -2.30. The maximum Gasteiger partial charge on any atom is 0.274 e. The second-order valence-electron chi connectivity index (χ2n) is 6.53. The molecule has 2 N–H and O–H groups in total. The third-order valence-corrected chi connectivity index (χ3v) is 5.44. The van der Waals surface area contributed by atoms with Crippen molar-refractivity contribution in [3.8, 4) is 0 Å². The molecule has 1 amide bonds. The van der Waals surface area contributed by atoms with Crippen molar-refractivity contribution in [2.45, 2.75) is 25.5 Å². The van der Waals surface area contributed by atoms with Gasteiger partial charge in [0, 0.05) is 19.3 Å². The molecule has 4 heterocycles. The molecule has 7 nitrogen and oxygen atoms in total. The first kappa shape index (κ1) is 17.7. The molecule has 9 heteroatoms. The fourth-order valence-corrected chi connectivity index (χ4v) is 3.90. The number of nitrogens with one attached hydrogen (secondary N) is 1. The normalized spacial score (nSPS) is 18.0. The molecule has 0 aromatic carbocycles. The molecule has 0 bridgehead atoms. The molecule has 0 saturated carbocycles. The van der Waals surface area contributed by atoms with Crippen LogP contribution in [-0.2, 0) is 0 Å². The van der Waals surface area contributed by atoms with Crippen molar-refractivity contribution in [1.29, 1.82) is 0 Å². The Morgan fingerprint density at radius 3 is 3.04 bits per heavy atom. The van der Waals surface area contributed by atoms with Gasteiger partial charge in [0.25, 0.3) is 5.91 Å². The van der Waals surface area contributed by atoms with Gasteiger partial charge in [-0.15, -0.1) is 11.3 Å². The van der Waals surface area contributed by atoms with E-state index in [1.165, 1.54) is 17.4 Å². The van der Waals surface area contributed by atoms with Gasteiger partial charge in [-0.1, -0.05) is 0 Å². The van der Waals surface area contributed by atoms with Crippen molar-refractivity contribution < 1.29 is 14.3 Å². The van der Waals surface area contributed by atoms with Crippen LogP contribution >= 0.6 is 11.3 Å². The fourth-order valence-electron chi connectivity index (χ4n) is 3.09. The van der Waals surface area contributed by atoms with Gasteiger partial charge in [0.2, 0.25) is 5.95 Å². The van der Waals surface area contributed by atoms with E-state index in [9.17, 15) is 14.3 Å².